The van der Waals surface area contributed by atoms with Crippen LogP contribution >= 0.6 is 0 Å². The van der Waals surface area contributed by atoms with Gasteiger partial charge in [-0.1, -0.05) is 0 Å². The lowest BCUT2D eigenvalue weighted by atomic mass is 10.1. The molecule has 0 bridgehead atoms. The highest BCUT2D eigenvalue weighted by Gasteiger charge is 2.45. The second-order valence-electron chi connectivity index (χ2n) is 5.15. The first-order valence-corrected chi connectivity index (χ1v) is 6.67. The Morgan fingerprint density at radius 2 is 2.09 bits per heavy atom. The summed E-state index contributed by atoms with van der Waals surface area (Å²) in [5, 5.41) is 51.7. The summed E-state index contributed by atoms with van der Waals surface area (Å²) in [6.07, 6.45) is -6.15. The molecule has 0 aromatic heterocycles. The van der Waals surface area contributed by atoms with E-state index in [1.165, 1.54) is 18.2 Å². The first-order valence-electron chi connectivity index (χ1n) is 6.67. The maximum atomic E-state index is 10.7. The number of nitrogens with one attached hydrogen (secondary N) is 1. The van der Waals surface area contributed by atoms with Crippen LogP contribution in [0.4, 0.5) is 11.4 Å². The molecule has 1 heterocycles. The fourth-order valence-corrected chi connectivity index (χ4v) is 2.32. The third kappa shape index (κ3) is 3.18. The smallest absolute Gasteiger partial charge is 0.269 e. The third-order valence-electron chi connectivity index (χ3n) is 3.59. The minimum Gasteiger partial charge on any atom is -0.394 e. The fourth-order valence-electron chi connectivity index (χ4n) is 2.32. The molecule has 1 saturated heterocycles. The lowest BCUT2D eigenvalue weighted by molar-refractivity contribution is -0.384. The zero-order valence-corrected chi connectivity index (χ0v) is 11.8. The predicted molar refractivity (Wildman–Crippen MR) is 75.2 cm³/mol. The molecule has 0 unspecified atom stereocenters. The van der Waals surface area contributed by atoms with Gasteiger partial charge in [0.1, 0.15) is 24.4 Å². The van der Waals surface area contributed by atoms with Crippen molar-refractivity contribution in [2.24, 2.45) is 0 Å². The van der Waals surface area contributed by atoms with Crippen molar-refractivity contribution in [1.82, 2.24) is 0 Å². The number of anilines is 1. The van der Waals surface area contributed by atoms with E-state index in [4.69, 9.17) is 9.84 Å². The number of hydrogen-bond acceptors (Lipinski definition) is 8. The van der Waals surface area contributed by atoms with Crippen molar-refractivity contribution in [2.45, 2.75) is 37.6 Å². The van der Waals surface area contributed by atoms with Crippen LogP contribution in [0.5, 0.6) is 0 Å². The molecular formula is C13H18N2O7. The number of aliphatic hydroxyl groups excluding tert-OH is 4. The Morgan fingerprint density at radius 3 is 2.64 bits per heavy atom. The van der Waals surface area contributed by atoms with Crippen molar-refractivity contribution in [3.8, 4) is 0 Å². The van der Waals surface area contributed by atoms with Crippen molar-refractivity contribution in [2.75, 3.05) is 11.9 Å². The standard InChI is InChI=1S/C13H18N2O7/c1-6-4-7(15(20)21)2-3-8(6)14-13-11(19)10(18)12(22-13)9(17)5-16/h2-4,9-14,16-19H,5H2,1H3/t9-,10+,11-,12+,13-/m1/s1. The van der Waals surface area contributed by atoms with Gasteiger partial charge in [-0.3, -0.25) is 10.1 Å². The summed E-state index contributed by atoms with van der Waals surface area (Å²) in [6.45, 7) is 1.03. The Labute approximate surface area is 125 Å². The van der Waals surface area contributed by atoms with E-state index in [0.29, 0.717) is 11.3 Å². The van der Waals surface area contributed by atoms with E-state index in [1.54, 1.807) is 6.92 Å². The van der Waals surface area contributed by atoms with Crippen molar-refractivity contribution in [1.29, 1.82) is 0 Å². The van der Waals surface area contributed by atoms with Crippen LogP contribution in [0.15, 0.2) is 18.2 Å². The third-order valence-corrected chi connectivity index (χ3v) is 3.59. The summed E-state index contributed by atoms with van der Waals surface area (Å²) in [6, 6.07) is 4.12. The number of nitrogens with zero attached hydrogens (tertiary/aromatic N) is 1. The molecule has 0 amide bonds. The Bertz CT molecular complexity index is 553. The molecule has 22 heavy (non-hydrogen) atoms. The highest BCUT2D eigenvalue weighted by Crippen LogP contribution is 2.28. The number of nitro groups is 1. The molecule has 5 atom stereocenters. The molecule has 2 rings (SSSR count). The van der Waals surface area contributed by atoms with Gasteiger partial charge in [-0.05, 0) is 18.6 Å². The van der Waals surface area contributed by atoms with Crippen LogP contribution in [0, 0.1) is 17.0 Å². The average molecular weight is 314 g/mol. The predicted octanol–water partition coefficient (Wildman–Crippen LogP) is -0.885. The van der Waals surface area contributed by atoms with E-state index in [2.05, 4.69) is 5.32 Å². The van der Waals surface area contributed by atoms with Crippen LogP contribution in [0.2, 0.25) is 0 Å². The highest BCUT2D eigenvalue weighted by atomic mass is 16.6. The molecule has 0 spiro atoms. The van der Waals surface area contributed by atoms with E-state index in [0.717, 1.165) is 0 Å². The maximum absolute atomic E-state index is 10.7. The van der Waals surface area contributed by atoms with E-state index >= 15 is 0 Å². The van der Waals surface area contributed by atoms with Gasteiger partial charge < -0.3 is 30.5 Å². The number of ether oxygens (including phenoxy) is 1. The van der Waals surface area contributed by atoms with Gasteiger partial charge in [-0.15, -0.1) is 0 Å². The summed E-state index contributed by atoms with van der Waals surface area (Å²) < 4.78 is 5.32. The highest BCUT2D eigenvalue weighted by molar-refractivity contribution is 5.55. The Hall–Kier alpha value is -1.78. The second-order valence-corrected chi connectivity index (χ2v) is 5.15. The van der Waals surface area contributed by atoms with E-state index in [9.17, 15) is 25.4 Å². The Kier molecular flexibility index (Phi) is 4.94. The first-order chi connectivity index (χ1) is 10.3. The molecule has 1 aliphatic rings. The zero-order valence-electron chi connectivity index (χ0n) is 11.8. The molecule has 1 aromatic carbocycles. The van der Waals surface area contributed by atoms with Crippen LogP contribution in [-0.2, 0) is 4.74 Å². The molecule has 122 valence electrons. The first kappa shape index (κ1) is 16.6. The summed E-state index contributed by atoms with van der Waals surface area (Å²) >= 11 is 0. The summed E-state index contributed by atoms with van der Waals surface area (Å²) in [4.78, 5) is 10.2. The molecular weight excluding hydrogens is 296 g/mol. The topological polar surface area (TPSA) is 145 Å². The summed E-state index contributed by atoms with van der Waals surface area (Å²) in [5.74, 6) is 0. The normalized spacial score (nSPS) is 29.3. The molecule has 0 radical (unpaired) electrons. The number of non-ortho nitro benzene ring substituents is 1. The molecule has 0 saturated carbocycles. The average Bonchev–Trinajstić information content (AvgIpc) is 2.76. The van der Waals surface area contributed by atoms with Gasteiger partial charge in [0.05, 0.1) is 11.5 Å². The maximum Gasteiger partial charge on any atom is 0.269 e. The molecule has 1 fully saturated rings. The van der Waals surface area contributed by atoms with Crippen LogP contribution in [0.25, 0.3) is 0 Å². The van der Waals surface area contributed by atoms with Gasteiger partial charge in [-0.25, -0.2) is 0 Å². The summed E-state index contributed by atoms with van der Waals surface area (Å²) in [5.41, 5.74) is 0.983. The minimum absolute atomic E-state index is 0.0652. The van der Waals surface area contributed by atoms with Gasteiger partial charge in [0, 0.05) is 17.8 Å². The second kappa shape index (κ2) is 6.55. The molecule has 9 nitrogen and oxygen atoms in total. The zero-order chi connectivity index (χ0) is 16.4. The number of benzene rings is 1. The molecule has 9 heteroatoms. The molecule has 0 aliphatic carbocycles. The quantitative estimate of drug-likeness (QED) is 0.348. The molecule has 5 N–H and O–H groups in total. The van der Waals surface area contributed by atoms with Gasteiger partial charge in [-0.2, -0.15) is 0 Å². The SMILES string of the molecule is Cc1cc([N+](=O)[O-])ccc1N[C@@H]1O[C@@H]([C@H](O)CO)[C@@H](O)[C@H]1O. The lowest BCUT2D eigenvalue weighted by Crippen LogP contribution is -2.40. The van der Waals surface area contributed by atoms with Crippen molar-refractivity contribution in [3.63, 3.8) is 0 Å². The summed E-state index contributed by atoms with van der Waals surface area (Å²) in [7, 11) is 0. The van der Waals surface area contributed by atoms with Crippen molar-refractivity contribution in [3.05, 3.63) is 33.9 Å². The molecule has 1 aromatic rings. The van der Waals surface area contributed by atoms with Crippen molar-refractivity contribution < 1.29 is 30.1 Å². The van der Waals surface area contributed by atoms with E-state index in [-0.39, 0.29) is 5.69 Å². The van der Waals surface area contributed by atoms with Crippen LogP contribution in [0.1, 0.15) is 5.56 Å². The van der Waals surface area contributed by atoms with Crippen LogP contribution in [-0.4, -0.2) is 62.6 Å². The van der Waals surface area contributed by atoms with Gasteiger partial charge >= 0.3 is 0 Å². The van der Waals surface area contributed by atoms with E-state index < -0.39 is 42.2 Å². The largest absolute Gasteiger partial charge is 0.394 e. The van der Waals surface area contributed by atoms with Crippen molar-refractivity contribution >= 4 is 11.4 Å². The van der Waals surface area contributed by atoms with Crippen LogP contribution < -0.4 is 5.32 Å². The van der Waals surface area contributed by atoms with Gasteiger partial charge in [0.25, 0.3) is 5.69 Å². The minimum atomic E-state index is -1.36. The van der Waals surface area contributed by atoms with Crippen LogP contribution in [0.3, 0.4) is 0 Å². The Balaban J connectivity index is 2.12. The lowest BCUT2D eigenvalue weighted by Gasteiger charge is -2.20. The van der Waals surface area contributed by atoms with Gasteiger partial charge in [0.15, 0.2) is 6.23 Å². The number of rotatable bonds is 5. The monoisotopic (exact) mass is 314 g/mol. The number of aliphatic hydroxyl groups is 4. The number of nitro benzene ring substituents is 1. The Morgan fingerprint density at radius 1 is 1.41 bits per heavy atom. The number of aryl methyl sites for hydroxylation is 1. The van der Waals surface area contributed by atoms with Gasteiger partial charge in [0.2, 0.25) is 0 Å². The van der Waals surface area contributed by atoms with E-state index in [1.807, 2.05) is 0 Å². The fraction of sp³-hybridized carbons (Fsp3) is 0.538. The molecule has 1 aliphatic heterocycles. The number of hydrogen-bond donors (Lipinski definition) is 5.